The molecule has 1 aromatic carbocycles. The molecule has 0 spiro atoms. The average molecular weight is 822 g/mol. The predicted molar refractivity (Wildman–Crippen MR) is 201 cm³/mol. The van der Waals surface area contributed by atoms with Crippen molar-refractivity contribution >= 4 is 41.2 Å². The van der Waals surface area contributed by atoms with Crippen molar-refractivity contribution in [3.8, 4) is 5.75 Å². The molecule has 22 nitrogen and oxygen atoms in total. The summed E-state index contributed by atoms with van der Waals surface area (Å²) in [6.45, 7) is 3.61. The van der Waals surface area contributed by atoms with Crippen LogP contribution in [0.25, 0.3) is 0 Å². The normalized spacial score (nSPS) is 12.3. The van der Waals surface area contributed by atoms with Crippen LogP contribution in [0.2, 0.25) is 0 Å². The van der Waals surface area contributed by atoms with Gasteiger partial charge in [-0.1, -0.05) is 11.1 Å². The molecule has 0 bridgehead atoms. The van der Waals surface area contributed by atoms with E-state index >= 15 is 0 Å². The third-order valence-corrected chi connectivity index (χ3v) is 7.91. The quantitative estimate of drug-likeness (QED) is 0.0310. The molecule has 0 atom stereocenters. The molecule has 2 heterocycles. The van der Waals surface area contributed by atoms with Crippen molar-refractivity contribution in [2.45, 2.75) is 26.1 Å². The summed E-state index contributed by atoms with van der Waals surface area (Å²) in [6, 6.07) is 4.66. The van der Waals surface area contributed by atoms with Gasteiger partial charge in [0.2, 0.25) is 17.7 Å². The zero-order chi connectivity index (χ0) is 42.0. The Hall–Kier alpha value is -5.36. The highest BCUT2D eigenvalue weighted by molar-refractivity contribution is 6.13. The number of nitrogens with zero attached hydrogens (tertiary/aromatic N) is 4. The number of imide groups is 1. The Morgan fingerprint density at radius 1 is 0.776 bits per heavy atom. The number of imidazole rings is 1. The third kappa shape index (κ3) is 18.3. The first-order valence-corrected chi connectivity index (χ1v) is 18.4. The lowest BCUT2D eigenvalue weighted by Crippen LogP contribution is -2.35. The zero-order valence-electron chi connectivity index (χ0n) is 32.4. The van der Waals surface area contributed by atoms with E-state index in [2.05, 4.69) is 20.9 Å². The maximum Gasteiger partial charge on any atom is 0.434 e. The van der Waals surface area contributed by atoms with E-state index in [4.69, 9.17) is 33.2 Å². The van der Waals surface area contributed by atoms with E-state index in [1.807, 2.05) is 0 Å². The summed E-state index contributed by atoms with van der Waals surface area (Å²) in [5.41, 5.74) is 1.18. The molecule has 0 unspecified atom stereocenters. The lowest BCUT2D eigenvalue weighted by molar-refractivity contribution is -0.396. The van der Waals surface area contributed by atoms with Crippen LogP contribution >= 0.6 is 0 Å². The number of carbonyl (C=O) groups excluding carboxylic acids is 5. The fourth-order valence-corrected chi connectivity index (χ4v) is 4.83. The largest absolute Gasteiger partial charge is 0.484 e. The number of hydrogen-bond donors (Lipinski definition) is 4. The number of aliphatic hydroxyl groups is 1. The van der Waals surface area contributed by atoms with E-state index < -0.39 is 28.6 Å². The fraction of sp³-hybridized carbons (Fsp3) is 0.556. The molecule has 2 aromatic rings. The standard InChI is InChI=1S/C36H51N7O15/c1-41-28(23-39-36(41)43(50)51)26-58-30-3-2-27(25-44)22-29(30)40-33(47)24-38-32(46)7-10-52-12-14-54-16-18-56-20-21-57-19-17-55-15-13-53-11-8-37-31(45)6-9-42-34(48)4-5-35(42)49/h2-5,22-23,44H,6-21,24-26H2,1H3,(H,37,45)(H,38,46)(H,40,47). The molecule has 1 aliphatic heterocycles. The third-order valence-electron chi connectivity index (χ3n) is 7.91. The second-order valence-corrected chi connectivity index (χ2v) is 12.2. The van der Waals surface area contributed by atoms with Crippen molar-refractivity contribution in [3.63, 3.8) is 0 Å². The molecule has 0 fully saturated rings. The lowest BCUT2D eigenvalue weighted by Gasteiger charge is -2.14. The van der Waals surface area contributed by atoms with Gasteiger partial charge in [0.1, 0.15) is 18.6 Å². The van der Waals surface area contributed by atoms with Crippen LogP contribution in [-0.4, -0.2) is 153 Å². The minimum atomic E-state index is -0.616. The molecule has 0 radical (unpaired) electrons. The van der Waals surface area contributed by atoms with Crippen LogP contribution in [0.15, 0.2) is 36.5 Å². The summed E-state index contributed by atoms with van der Waals surface area (Å²) in [6.07, 6.45) is 3.72. The number of anilines is 1. The Bertz CT molecular complexity index is 1650. The number of aliphatic hydroxyl groups excluding tert-OH is 1. The van der Waals surface area contributed by atoms with Crippen LogP contribution in [0.1, 0.15) is 24.1 Å². The Morgan fingerprint density at radius 2 is 1.33 bits per heavy atom. The maximum absolute atomic E-state index is 12.6. The van der Waals surface area contributed by atoms with E-state index in [1.165, 1.54) is 36.0 Å². The van der Waals surface area contributed by atoms with Gasteiger partial charge < -0.3 is 64.3 Å². The summed E-state index contributed by atoms with van der Waals surface area (Å²) >= 11 is 0. The van der Waals surface area contributed by atoms with E-state index in [0.29, 0.717) is 83.9 Å². The van der Waals surface area contributed by atoms with Crippen molar-refractivity contribution < 1.29 is 67.2 Å². The number of rotatable bonds is 32. The Labute approximate surface area is 334 Å². The Morgan fingerprint density at radius 3 is 1.88 bits per heavy atom. The van der Waals surface area contributed by atoms with Crippen LogP contribution in [0.5, 0.6) is 5.75 Å². The maximum atomic E-state index is 12.6. The summed E-state index contributed by atoms with van der Waals surface area (Å²) in [4.78, 5) is 74.7. The molecular formula is C36H51N7O15. The van der Waals surface area contributed by atoms with Crippen molar-refractivity contribution in [1.29, 1.82) is 0 Å². The van der Waals surface area contributed by atoms with Crippen LogP contribution in [-0.2, 0) is 72.7 Å². The number of hydrogen-bond acceptors (Lipinski definition) is 16. The Balaban J connectivity index is 1.08. The van der Waals surface area contributed by atoms with Crippen LogP contribution in [0, 0.1) is 10.1 Å². The number of aromatic nitrogens is 2. The van der Waals surface area contributed by atoms with Crippen LogP contribution < -0.4 is 20.7 Å². The minimum Gasteiger partial charge on any atom is -0.484 e. The van der Waals surface area contributed by atoms with Crippen molar-refractivity contribution in [1.82, 2.24) is 25.1 Å². The molecule has 0 saturated carbocycles. The van der Waals surface area contributed by atoms with Gasteiger partial charge in [-0.05, 0) is 22.6 Å². The molecule has 0 aliphatic carbocycles. The van der Waals surface area contributed by atoms with Gasteiger partial charge in [-0.2, -0.15) is 0 Å². The topological polar surface area (TPSA) is 270 Å². The molecule has 58 heavy (non-hydrogen) atoms. The first-order chi connectivity index (χ1) is 28.1. The van der Waals surface area contributed by atoms with E-state index in [1.54, 1.807) is 12.1 Å². The molecule has 1 aromatic heterocycles. The van der Waals surface area contributed by atoms with E-state index in [0.717, 1.165) is 4.90 Å². The minimum absolute atomic E-state index is 0.0252. The molecule has 22 heteroatoms. The summed E-state index contributed by atoms with van der Waals surface area (Å²) in [5.74, 6) is -2.14. The van der Waals surface area contributed by atoms with E-state index in [-0.39, 0.29) is 75.7 Å². The highest BCUT2D eigenvalue weighted by Crippen LogP contribution is 2.27. The highest BCUT2D eigenvalue weighted by atomic mass is 16.6. The SMILES string of the molecule is Cn1c(COc2ccc(CO)cc2NC(=O)CNC(=O)CCOCCOCCOCCOCCOCCOCCNC(=O)CCN2C(=O)C=CC2=O)cnc1[N+](=O)[O-]. The first-order valence-electron chi connectivity index (χ1n) is 18.4. The van der Waals surface area contributed by atoms with Crippen molar-refractivity contribution in [2.24, 2.45) is 7.05 Å². The molecule has 1 aliphatic rings. The van der Waals surface area contributed by atoms with Gasteiger partial charge in [0.05, 0.1) is 105 Å². The number of ether oxygens (including phenoxy) is 7. The van der Waals surface area contributed by atoms with Gasteiger partial charge in [0, 0.05) is 38.1 Å². The average Bonchev–Trinajstić information content (AvgIpc) is 3.75. The fourth-order valence-electron chi connectivity index (χ4n) is 4.83. The van der Waals surface area contributed by atoms with E-state index in [9.17, 15) is 39.2 Å². The molecular weight excluding hydrogens is 770 g/mol. The highest BCUT2D eigenvalue weighted by Gasteiger charge is 2.23. The summed E-state index contributed by atoms with van der Waals surface area (Å²) < 4.78 is 39.6. The summed E-state index contributed by atoms with van der Waals surface area (Å²) in [5, 5.41) is 28.4. The summed E-state index contributed by atoms with van der Waals surface area (Å²) in [7, 11) is 1.48. The molecule has 320 valence electrons. The second kappa shape index (κ2) is 27.3. The van der Waals surface area contributed by atoms with Crippen LogP contribution in [0.4, 0.5) is 11.6 Å². The molecule has 0 saturated heterocycles. The number of amides is 5. The van der Waals surface area contributed by atoms with Gasteiger partial charge in [0.15, 0.2) is 5.69 Å². The van der Waals surface area contributed by atoms with Gasteiger partial charge in [-0.3, -0.25) is 28.9 Å². The zero-order valence-corrected chi connectivity index (χ0v) is 32.4. The molecule has 4 N–H and O–H groups in total. The van der Waals surface area contributed by atoms with Crippen molar-refractivity contribution in [3.05, 3.63) is 57.9 Å². The number of carbonyl (C=O) groups is 5. The van der Waals surface area contributed by atoms with Gasteiger partial charge in [0.25, 0.3) is 11.8 Å². The lowest BCUT2D eigenvalue weighted by atomic mass is 10.2. The number of nitro groups is 1. The number of nitrogens with one attached hydrogen (secondary N) is 3. The van der Waals surface area contributed by atoms with Crippen molar-refractivity contribution in [2.75, 3.05) is 104 Å². The predicted octanol–water partition coefficient (Wildman–Crippen LogP) is -0.625. The van der Waals surface area contributed by atoms with Crippen LogP contribution in [0.3, 0.4) is 0 Å². The van der Waals surface area contributed by atoms with Gasteiger partial charge in [-0.25, -0.2) is 4.57 Å². The van der Waals surface area contributed by atoms with Gasteiger partial charge in [-0.15, -0.1) is 0 Å². The molecule has 5 amide bonds. The van der Waals surface area contributed by atoms with Gasteiger partial charge >= 0.3 is 5.95 Å². The molecule has 3 rings (SSSR count). The smallest absolute Gasteiger partial charge is 0.434 e. The number of benzene rings is 1. The monoisotopic (exact) mass is 821 g/mol. The first kappa shape index (κ1) is 47.0. The Kier molecular flexibility index (Phi) is 22.1. The second-order valence-electron chi connectivity index (χ2n) is 12.2.